The largest absolute Gasteiger partial charge is 0.378 e. The molecule has 1 amide bonds. The fourth-order valence-electron chi connectivity index (χ4n) is 2.65. The minimum absolute atomic E-state index is 0.00851. The average molecular weight is 313 g/mol. The van der Waals surface area contributed by atoms with Gasteiger partial charge in [-0.3, -0.25) is 4.79 Å². The highest BCUT2D eigenvalue weighted by Gasteiger charge is 2.31. The Bertz CT molecular complexity index is 689. The summed E-state index contributed by atoms with van der Waals surface area (Å²) >= 11 is 1.66. The maximum absolute atomic E-state index is 11.9. The van der Waals surface area contributed by atoms with Gasteiger partial charge in [-0.15, -0.1) is 11.3 Å². The van der Waals surface area contributed by atoms with Gasteiger partial charge >= 0.3 is 0 Å². The monoisotopic (exact) mass is 313 g/mol. The summed E-state index contributed by atoms with van der Waals surface area (Å²) in [5, 5.41) is 8.19. The van der Waals surface area contributed by atoms with Gasteiger partial charge in [0.05, 0.1) is 16.6 Å². The van der Waals surface area contributed by atoms with Crippen molar-refractivity contribution < 1.29 is 4.79 Å². The van der Waals surface area contributed by atoms with Gasteiger partial charge in [0.2, 0.25) is 5.91 Å². The summed E-state index contributed by atoms with van der Waals surface area (Å²) in [5.41, 5.74) is 3.26. The van der Waals surface area contributed by atoms with Crippen molar-refractivity contribution in [3.8, 4) is 0 Å². The van der Waals surface area contributed by atoms with E-state index in [1.807, 2.05) is 25.5 Å². The smallest absolute Gasteiger partial charge is 0.240 e. The molecule has 0 N–H and O–H groups in total. The summed E-state index contributed by atoms with van der Waals surface area (Å²) in [5.74, 6) is -0.0201. The van der Waals surface area contributed by atoms with E-state index in [9.17, 15) is 4.79 Å². The maximum Gasteiger partial charge on any atom is 0.240 e. The molecule has 1 aliphatic rings. The first kappa shape index (κ1) is 14.8. The zero-order valence-corrected chi connectivity index (χ0v) is 13.8. The van der Waals surface area contributed by atoms with Crippen molar-refractivity contribution in [3.63, 3.8) is 0 Å². The van der Waals surface area contributed by atoms with Crippen molar-refractivity contribution in [3.05, 3.63) is 52.2 Å². The third kappa shape index (κ3) is 2.76. The van der Waals surface area contributed by atoms with E-state index in [0.717, 1.165) is 28.3 Å². The Kier molecular flexibility index (Phi) is 3.98. The van der Waals surface area contributed by atoms with E-state index < -0.39 is 0 Å². The number of anilines is 1. The second-order valence-electron chi connectivity index (χ2n) is 5.59. The Morgan fingerprint density at radius 2 is 2.00 bits per heavy atom. The molecule has 1 aliphatic heterocycles. The van der Waals surface area contributed by atoms with Crippen LogP contribution in [0.5, 0.6) is 0 Å². The minimum atomic E-state index is -0.0201. The molecule has 1 aromatic carbocycles. The summed E-state index contributed by atoms with van der Waals surface area (Å²) < 4.78 is 0. The molecule has 0 aliphatic carbocycles. The zero-order chi connectivity index (χ0) is 15.7. The maximum atomic E-state index is 11.9. The third-order valence-electron chi connectivity index (χ3n) is 3.83. The number of rotatable bonds is 3. The Morgan fingerprint density at radius 3 is 2.55 bits per heavy atom. The summed E-state index contributed by atoms with van der Waals surface area (Å²) in [6, 6.07) is 12.4. The minimum Gasteiger partial charge on any atom is -0.378 e. The van der Waals surface area contributed by atoms with Gasteiger partial charge in [0, 0.05) is 33.1 Å². The van der Waals surface area contributed by atoms with E-state index in [-0.39, 0.29) is 11.9 Å². The molecule has 1 atom stereocenters. The molecule has 0 radical (unpaired) electrons. The van der Waals surface area contributed by atoms with Crippen molar-refractivity contribution in [2.24, 2.45) is 5.10 Å². The first-order chi connectivity index (χ1) is 10.6. The van der Waals surface area contributed by atoms with Gasteiger partial charge in [-0.25, -0.2) is 5.01 Å². The van der Waals surface area contributed by atoms with E-state index in [1.54, 1.807) is 23.3 Å². The highest BCUT2D eigenvalue weighted by Crippen LogP contribution is 2.34. The van der Waals surface area contributed by atoms with Gasteiger partial charge in [0.15, 0.2) is 0 Å². The van der Waals surface area contributed by atoms with Crippen LogP contribution in [0.25, 0.3) is 0 Å². The van der Waals surface area contributed by atoms with Crippen LogP contribution in [0.1, 0.15) is 29.8 Å². The summed E-state index contributed by atoms with van der Waals surface area (Å²) in [6.07, 6.45) is 0.765. The Balaban J connectivity index is 1.88. The van der Waals surface area contributed by atoms with Gasteiger partial charge in [-0.1, -0.05) is 18.2 Å². The van der Waals surface area contributed by atoms with Crippen LogP contribution in [-0.2, 0) is 4.79 Å². The SMILES string of the molecule is CC(=O)N1N=C(c2cccs2)CC1c1ccc(N(C)C)cc1. The predicted octanol–water partition coefficient (Wildman–Crippen LogP) is 3.51. The highest BCUT2D eigenvalue weighted by molar-refractivity contribution is 7.12. The lowest BCUT2D eigenvalue weighted by molar-refractivity contribution is -0.130. The number of amides is 1. The van der Waals surface area contributed by atoms with Gasteiger partial charge in [-0.2, -0.15) is 5.10 Å². The van der Waals surface area contributed by atoms with Crippen LogP contribution in [0.3, 0.4) is 0 Å². The average Bonchev–Trinajstić information content (AvgIpc) is 3.16. The van der Waals surface area contributed by atoms with E-state index in [0.29, 0.717) is 0 Å². The van der Waals surface area contributed by atoms with Gasteiger partial charge in [0.1, 0.15) is 0 Å². The van der Waals surface area contributed by atoms with Crippen molar-refractivity contribution in [2.45, 2.75) is 19.4 Å². The standard InChI is InChI=1S/C17H19N3OS/c1-12(21)20-16(11-15(18-20)17-5-4-10-22-17)13-6-8-14(9-7-13)19(2)3/h4-10,16H,11H2,1-3H3. The molecule has 0 fully saturated rings. The number of carbonyl (C=O) groups is 1. The molecule has 5 heteroatoms. The Hall–Kier alpha value is -2.14. The number of hydrogen-bond acceptors (Lipinski definition) is 4. The molecule has 0 saturated heterocycles. The molecule has 3 rings (SSSR count). The van der Waals surface area contributed by atoms with E-state index in [4.69, 9.17) is 0 Å². The topological polar surface area (TPSA) is 35.9 Å². The molecule has 1 aromatic heterocycles. The van der Waals surface area contributed by atoms with Crippen molar-refractivity contribution in [1.82, 2.24) is 5.01 Å². The molecule has 2 aromatic rings. The van der Waals surface area contributed by atoms with Gasteiger partial charge < -0.3 is 4.90 Å². The molecular weight excluding hydrogens is 294 g/mol. The van der Waals surface area contributed by atoms with E-state index in [1.165, 1.54) is 0 Å². The molecule has 2 heterocycles. The van der Waals surface area contributed by atoms with Crippen molar-refractivity contribution >= 4 is 28.6 Å². The lowest BCUT2D eigenvalue weighted by atomic mass is 10.0. The second-order valence-corrected chi connectivity index (χ2v) is 6.54. The van der Waals surface area contributed by atoms with Gasteiger partial charge in [0.25, 0.3) is 0 Å². The number of nitrogens with zero attached hydrogens (tertiary/aromatic N) is 3. The van der Waals surface area contributed by atoms with Crippen LogP contribution in [0.4, 0.5) is 5.69 Å². The molecule has 1 unspecified atom stereocenters. The Labute approximate surface area is 134 Å². The number of hydrazone groups is 1. The number of thiophene rings is 1. The zero-order valence-electron chi connectivity index (χ0n) is 13.0. The van der Waals surface area contributed by atoms with Crippen molar-refractivity contribution in [2.75, 3.05) is 19.0 Å². The molecule has 0 saturated carbocycles. The summed E-state index contributed by atoms with van der Waals surface area (Å²) in [6.45, 7) is 1.57. The van der Waals surface area contributed by atoms with Crippen LogP contribution in [0.15, 0.2) is 46.9 Å². The number of benzene rings is 1. The quantitative estimate of drug-likeness (QED) is 0.869. The predicted molar refractivity (Wildman–Crippen MR) is 91.5 cm³/mol. The normalized spacial score (nSPS) is 17.5. The fraction of sp³-hybridized carbons (Fsp3) is 0.294. The fourth-order valence-corrected chi connectivity index (χ4v) is 3.37. The molecule has 114 valence electrons. The lowest BCUT2D eigenvalue weighted by Crippen LogP contribution is -2.24. The van der Waals surface area contributed by atoms with Gasteiger partial charge in [-0.05, 0) is 29.1 Å². The number of carbonyl (C=O) groups excluding carboxylic acids is 1. The van der Waals surface area contributed by atoms with E-state index in [2.05, 4.69) is 40.3 Å². The third-order valence-corrected chi connectivity index (χ3v) is 4.75. The lowest BCUT2D eigenvalue weighted by Gasteiger charge is -2.21. The molecule has 0 spiro atoms. The van der Waals surface area contributed by atoms with Crippen molar-refractivity contribution in [1.29, 1.82) is 0 Å². The second kappa shape index (κ2) is 5.93. The van der Waals surface area contributed by atoms with Crippen LogP contribution >= 0.6 is 11.3 Å². The number of hydrogen-bond donors (Lipinski definition) is 0. The van der Waals surface area contributed by atoms with Crippen LogP contribution in [0, 0.1) is 0 Å². The van der Waals surface area contributed by atoms with Crippen LogP contribution < -0.4 is 4.90 Å². The molecule has 0 bridgehead atoms. The molecule has 22 heavy (non-hydrogen) atoms. The van der Waals surface area contributed by atoms with Crippen LogP contribution in [0.2, 0.25) is 0 Å². The molecular formula is C17H19N3OS. The first-order valence-electron chi connectivity index (χ1n) is 7.24. The summed E-state index contributed by atoms with van der Waals surface area (Å²) in [7, 11) is 4.04. The van der Waals surface area contributed by atoms with E-state index >= 15 is 0 Å². The molecule has 4 nitrogen and oxygen atoms in total. The Morgan fingerprint density at radius 1 is 1.27 bits per heavy atom. The summed E-state index contributed by atoms with van der Waals surface area (Å²) in [4.78, 5) is 15.1. The first-order valence-corrected chi connectivity index (χ1v) is 8.12. The highest BCUT2D eigenvalue weighted by atomic mass is 32.1. The van der Waals surface area contributed by atoms with Crippen LogP contribution in [-0.4, -0.2) is 30.7 Å².